The Kier molecular flexibility index (Phi) is 3.85. The molecule has 1 unspecified atom stereocenters. The lowest BCUT2D eigenvalue weighted by molar-refractivity contribution is 0.552. The minimum atomic E-state index is 0.573. The van der Waals surface area contributed by atoms with Gasteiger partial charge in [-0.3, -0.25) is 0 Å². The van der Waals surface area contributed by atoms with Gasteiger partial charge in [0.05, 0.1) is 10.6 Å². The van der Waals surface area contributed by atoms with E-state index in [4.69, 9.17) is 5.73 Å². The number of likely N-dealkylation sites (N-methyl/N-ethyl adjacent to an activating group) is 1. The molecule has 0 bridgehead atoms. The standard InChI is InChI=1S/C16H19N3S/c1-2-18-14-8-11-5-6-13(9-12(11)10-14)19-16(17)15-4-3-7-20-15/h3-7,9,14,18H,2,8,10H2,1H3,(H2,17,19). The summed E-state index contributed by atoms with van der Waals surface area (Å²) in [6, 6.07) is 11.0. The van der Waals surface area contributed by atoms with E-state index in [0.717, 1.165) is 30.0 Å². The van der Waals surface area contributed by atoms with Crippen molar-refractivity contribution in [1.82, 2.24) is 5.32 Å². The molecule has 1 atom stereocenters. The van der Waals surface area contributed by atoms with Crippen molar-refractivity contribution in [3.8, 4) is 0 Å². The second-order valence-electron chi connectivity index (χ2n) is 5.09. The molecular formula is C16H19N3S. The molecule has 0 fully saturated rings. The van der Waals surface area contributed by atoms with E-state index in [-0.39, 0.29) is 0 Å². The van der Waals surface area contributed by atoms with Crippen LogP contribution in [0.25, 0.3) is 0 Å². The van der Waals surface area contributed by atoms with E-state index in [0.29, 0.717) is 11.9 Å². The van der Waals surface area contributed by atoms with Crippen molar-refractivity contribution in [2.45, 2.75) is 25.8 Å². The summed E-state index contributed by atoms with van der Waals surface area (Å²) >= 11 is 1.62. The van der Waals surface area contributed by atoms with Gasteiger partial charge in [-0.25, -0.2) is 4.99 Å². The molecule has 1 aliphatic rings. The van der Waals surface area contributed by atoms with Crippen molar-refractivity contribution in [1.29, 1.82) is 0 Å². The van der Waals surface area contributed by atoms with Crippen molar-refractivity contribution < 1.29 is 0 Å². The number of rotatable bonds is 4. The van der Waals surface area contributed by atoms with Crippen LogP contribution in [-0.4, -0.2) is 18.4 Å². The summed E-state index contributed by atoms with van der Waals surface area (Å²) in [7, 11) is 0. The Morgan fingerprint density at radius 1 is 1.35 bits per heavy atom. The summed E-state index contributed by atoms with van der Waals surface area (Å²) in [4.78, 5) is 5.56. The third-order valence-electron chi connectivity index (χ3n) is 3.64. The van der Waals surface area contributed by atoms with Crippen LogP contribution in [0.5, 0.6) is 0 Å². The monoisotopic (exact) mass is 285 g/mol. The number of nitrogens with zero attached hydrogens (tertiary/aromatic N) is 1. The van der Waals surface area contributed by atoms with Crippen LogP contribution < -0.4 is 11.1 Å². The Morgan fingerprint density at radius 2 is 2.20 bits per heavy atom. The van der Waals surface area contributed by atoms with Gasteiger partial charge in [-0.1, -0.05) is 19.1 Å². The number of hydrogen-bond acceptors (Lipinski definition) is 3. The molecule has 0 aliphatic heterocycles. The maximum absolute atomic E-state index is 6.04. The van der Waals surface area contributed by atoms with Crippen molar-refractivity contribution in [2.24, 2.45) is 10.7 Å². The summed E-state index contributed by atoms with van der Waals surface area (Å²) in [5.74, 6) is 0.598. The fraction of sp³-hybridized carbons (Fsp3) is 0.312. The zero-order valence-electron chi connectivity index (χ0n) is 11.6. The largest absolute Gasteiger partial charge is 0.383 e. The molecule has 104 valence electrons. The van der Waals surface area contributed by atoms with Gasteiger partial charge in [-0.2, -0.15) is 0 Å². The molecule has 0 spiro atoms. The summed E-state index contributed by atoms with van der Waals surface area (Å²) in [6.45, 7) is 3.18. The first-order valence-corrected chi connectivity index (χ1v) is 7.87. The highest BCUT2D eigenvalue weighted by molar-refractivity contribution is 7.12. The van der Waals surface area contributed by atoms with E-state index in [2.05, 4.69) is 35.4 Å². The molecule has 3 rings (SSSR count). The van der Waals surface area contributed by atoms with Gasteiger partial charge in [0.2, 0.25) is 0 Å². The molecule has 20 heavy (non-hydrogen) atoms. The van der Waals surface area contributed by atoms with Crippen LogP contribution >= 0.6 is 11.3 Å². The van der Waals surface area contributed by atoms with Crippen molar-refractivity contribution in [3.63, 3.8) is 0 Å². The zero-order valence-corrected chi connectivity index (χ0v) is 12.4. The topological polar surface area (TPSA) is 50.4 Å². The van der Waals surface area contributed by atoms with Crippen LogP contribution in [0, 0.1) is 0 Å². The van der Waals surface area contributed by atoms with Gasteiger partial charge < -0.3 is 11.1 Å². The Morgan fingerprint density at radius 3 is 2.95 bits per heavy atom. The van der Waals surface area contributed by atoms with E-state index in [9.17, 15) is 0 Å². The van der Waals surface area contributed by atoms with E-state index in [1.54, 1.807) is 11.3 Å². The van der Waals surface area contributed by atoms with E-state index in [1.165, 1.54) is 11.1 Å². The Hall–Kier alpha value is -1.65. The molecule has 1 aliphatic carbocycles. The lowest BCUT2D eigenvalue weighted by atomic mass is 10.1. The van der Waals surface area contributed by atoms with Gasteiger partial charge in [-0.15, -0.1) is 11.3 Å². The lowest BCUT2D eigenvalue weighted by Crippen LogP contribution is -2.28. The van der Waals surface area contributed by atoms with Crippen molar-refractivity contribution in [2.75, 3.05) is 6.54 Å². The maximum Gasteiger partial charge on any atom is 0.141 e. The Bertz CT molecular complexity index is 617. The smallest absolute Gasteiger partial charge is 0.141 e. The van der Waals surface area contributed by atoms with E-state index < -0.39 is 0 Å². The fourth-order valence-electron chi connectivity index (χ4n) is 2.73. The van der Waals surface area contributed by atoms with Crippen LogP contribution in [0.4, 0.5) is 5.69 Å². The second kappa shape index (κ2) is 5.77. The van der Waals surface area contributed by atoms with Crippen LogP contribution in [0.3, 0.4) is 0 Å². The quantitative estimate of drug-likeness (QED) is 0.670. The molecule has 0 radical (unpaired) electrons. The third-order valence-corrected chi connectivity index (χ3v) is 4.53. The third kappa shape index (κ3) is 2.76. The summed E-state index contributed by atoms with van der Waals surface area (Å²) in [6.07, 6.45) is 2.21. The molecule has 0 saturated carbocycles. The first kappa shape index (κ1) is 13.3. The predicted octanol–water partition coefficient (Wildman–Crippen LogP) is 2.86. The summed E-state index contributed by atoms with van der Waals surface area (Å²) in [5.41, 5.74) is 9.82. The van der Waals surface area contributed by atoms with Crippen LogP contribution in [-0.2, 0) is 12.8 Å². The number of benzene rings is 1. The number of aliphatic imine (C=N–C) groups is 1. The molecule has 0 amide bonds. The SMILES string of the molecule is CCNC1Cc2ccc(N=C(N)c3cccs3)cc2C1. The molecule has 3 nitrogen and oxygen atoms in total. The molecule has 0 saturated heterocycles. The molecule has 1 heterocycles. The van der Waals surface area contributed by atoms with Gasteiger partial charge in [0.1, 0.15) is 5.84 Å². The number of nitrogens with one attached hydrogen (secondary N) is 1. The van der Waals surface area contributed by atoms with Gasteiger partial charge in [0.15, 0.2) is 0 Å². The molecule has 4 heteroatoms. The zero-order chi connectivity index (χ0) is 13.9. The predicted molar refractivity (Wildman–Crippen MR) is 86.0 cm³/mol. The molecule has 3 N–H and O–H groups in total. The maximum atomic E-state index is 6.04. The van der Waals surface area contributed by atoms with E-state index >= 15 is 0 Å². The average molecular weight is 285 g/mol. The number of nitrogens with two attached hydrogens (primary N) is 1. The Labute approximate surface area is 123 Å². The van der Waals surface area contributed by atoms with Crippen LogP contribution in [0.2, 0.25) is 0 Å². The van der Waals surface area contributed by atoms with E-state index in [1.807, 2.05) is 17.5 Å². The molecular weight excluding hydrogens is 266 g/mol. The fourth-order valence-corrected chi connectivity index (χ4v) is 3.35. The Balaban J connectivity index is 1.81. The average Bonchev–Trinajstić information content (AvgIpc) is 3.07. The molecule has 1 aromatic heterocycles. The van der Waals surface area contributed by atoms with Gasteiger partial charge in [-0.05, 0) is 54.1 Å². The first-order valence-electron chi connectivity index (χ1n) is 6.99. The van der Waals surface area contributed by atoms with Crippen molar-refractivity contribution >= 4 is 22.9 Å². The highest BCUT2D eigenvalue weighted by Gasteiger charge is 2.20. The minimum Gasteiger partial charge on any atom is -0.383 e. The normalized spacial score (nSPS) is 18.2. The number of thiophene rings is 1. The summed E-state index contributed by atoms with van der Waals surface area (Å²) in [5, 5.41) is 5.53. The molecule has 1 aromatic carbocycles. The molecule has 2 aromatic rings. The van der Waals surface area contributed by atoms with Crippen LogP contribution in [0.1, 0.15) is 22.9 Å². The number of hydrogen-bond donors (Lipinski definition) is 2. The van der Waals surface area contributed by atoms with Crippen LogP contribution in [0.15, 0.2) is 40.7 Å². The highest BCUT2D eigenvalue weighted by atomic mass is 32.1. The van der Waals surface area contributed by atoms with Gasteiger partial charge in [0, 0.05) is 6.04 Å². The first-order chi connectivity index (χ1) is 9.76. The number of amidine groups is 1. The van der Waals surface area contributed by atoms with Gasteiger partial charge in [0.25, 0.3) is 0 Å². The highest BCUT2D eigenvalue weighted by Crippen LogP contribution is 2.27. The van der Waals surface area contributed by atoms with Gasteiger partial charge >= 0.3 is 0 Å². The number of fused-ring (bicyclic) bond motifs is 1. The summed E-state index contributed by atoms with van der Waals surface area (Å²) < 4.78 is 0. The second-order valence-corrected chi connectivity index (χ2v) is 6.04. The van der Waals surface area contributed by atoms with Crippen molar-refractivity contribution in [3.05, 3.63) is 51.7 Å². The minimum absolute atomic E-state index is 0.573. The lowest BCUT2D eigenvalue weighted by Gasteiger charge is -2.08.